The van der Waals surface area contributed by atoms with E-state index in [1.54, 1.807) is 24.3 Å². The normalized spacial score (nSPS) is 18.8. The topological polar surface area (TPSA) is 82.2 Å². The summed E-state index contributed by atoms with van der Waals surface area (Å²) in [6, 6.07) is 6.83. The lowest BCUT2D eigenvalue weighted by molar-refractivity contribution is 0.0688. The molecule has 0 amide bonds. The molecule has 2 heterocycles. The number of hydrogen-bond acceptors (Lipinski definition) is 3. The maximum absolute atomic E-state index is 12.5. The van der Waals surface area contributed by atoms with Gasteiger partial charge in [0, 0.05) is 22.5 Å². The number of aromatic carboxylic acids is 1. The molecule has 1 atom stereocenters. The second-order valence-electron chi connectivity index (χ2n) is 4.74. The van der Waals surface area contributed by atoms with Crippen LogP contribution >= 0.6 is 0 Å². The van der Waals surface area contributed by atoms with Gasteiger partial charge in [0.15, 0.2) is 5.43 Å². The molecule has 0 bridgehead atoms. The second kappa shape index (κ2) is 4.51. The van der Waals surface area contributed by atoms with E-state index in [1.165, 1.54) is 0 Å². The van der Waals surface area contributed by atoms with E-state index < -0.39 is 5.97 Å². The maximum atomic E-state index is 12.5. The number of fused-ring (bicyclic) bond motifs is 1. The molecule has 1 saturated heterocycles. The summed E-state index contributed by atoms with van der Waals surface area (Å²) >= 11 is 0. The lowest BCUT2D eigenvalue weighted by atomic mass is 10.00. The molecule has 1 aromatic carbocycles. The molecular weight excluding hydrogens is 244 g/mol. The molecule has 3 rings (SSSR count). The van der Waals surface area contributed by atoms with E-state index in [1.807, 2.05) is 0 Å². The van der Waals surface area contributed by atoms with Gasteiger partial charge >= 0.3 is 5.97 Å². The second-order valence-corrected chi connectivity index (χ2v) is 4.74. The molecular formula is C14H14N2O3. The molecule has 0 saturated carbocycles. The SMILES string of the molecule is O=C(O)c1[nH]c2ccccc2c(=O)c1[C@@H]1CCCN1. The number of hydrogen-bond donors (Lipinski definition) is 3. The third kappa shape index (κ3) is 1.92. The minimum atomic E-state index is -1.09. The molecule has 2 aromatic rings. The van der Waals surface area contributed by atoms with Crippen molar-refractivity contribution in [3.8, 4) is 0 Å². The smallest absolute Gasteiger partial charge is 0.352 e. The van der Waals surface area contributed by atoms with Crippen LogP contribution in [0.4, 0.5) is 0 Å². The van der Waals surface area contributed by atoms with Gasteiger partial charge in [-0.2, -0.15) is 0 Å². The predicted octanol–water partition coefficient (Wildman–Crippen LogP) is 1.65. The van der Waals surface area contributed by atoms with Crippen LogP contribution in [0.2, 0.25) is 0 Å². The van der Waals surface area contributed by atoms with E-state index in [0.29, 0.717) is 16.5 Å². The van der Waals surface area contributed by atoms with Gasteiger partial charge < -0.3 is 15.4 Å². The van der Waals surface area contributed by atoms with E-state index in [9.17, 15) is 14.7 Å². The average molecular weight is 258 g/mol. The minimum absolute atomic E-state index is 0.00287. The minimum Gasteiger partial charge on any atom is -0.477 e. The third-order valence-corrected chi connectivity index (χ3v) is 3.57. The molecule has 0 radical (unpaired) electrons. The molecule has 1 aliphatic heterocycles. The highest BCUT2D eigenvalue weighted by Crippen LogP contribution is 2.24. The summed E-state index contributed by atoms with van der Waals surface area (Å²) in [6.45, 7) is 0.815. The zero-order valence-electron chi connectivity index (χ0n) is 10.3. The summed E-state index contributed by atoms with van der Waals surface area (Å²) < 4.78 is 0. The van der Waals surface area contributed by atoms with Gasteiger partial charge in [-0.15, -0.1) is 0 Å². The van der Waals surface area contributed by atoms with E-state index >= 15 is 0 Å². The fourth-order valence-corrected chi connectivity index (χ4v) is 2.68. The Labute approximate surface area is 109 Å². The van der Waals surface area contributed by atoms with Crippen LogP contribution in [0.1, 0.15) is 34.9 Å². The van der Waals surface area contributed by atoms with Gasteiger partial charge in [0.05, 0.1) is 0 Å². The fourth-order valence-electron chi connectivity index (χ4n) is 2.68. The number of aromatic amines is 1. The van der Waals surface area contributed by atoms with Crippen LogP contribution in [0.3, 0.4) is 0 Å². The summed E-state index contributed by atoms with van der Waals surface area (Å²) in [6.07, 6.45) is 1.75. The Hall–Kier alpha value is -2.14. The van der Waals surface area contributed by atoms with E-state index in [0.717, 1.165) is 19.4 Å². The van der Waals surface area contributed by atoms with Crippen LogP contribution in [0.5, 0.6) is 0 Å². The van der Waals surface area contributed by atoms with Crippen LogP contribution in [0.15, 0.2) is 29.1 Å². The monoisotopic (exact) mass is 258 g/mol. The molecule has 1 aromatic heterocycles. The van der Waals surface area contributed by atoms with Crippen LogP contribution in [0.25, 0.3) is 10.9 Å². The molecule has 1 aliphatic rings. The first-order valence-electron chi connectivity index (χ1n) is 6.30. The number of carbonyl (C=O) groups is 1. The molecule has 5 heteroatoms. The van der Waals surface area contributed by atoms with Crippen molar-refractivity contribution in [3.05, 3.63) is 45.7 Å². The first-order chi connectivity index (χ1) is 9.18. The lowest BCUT2D eigenvalue weighted by Crippen LogP contribution is -2.26. The molecule has 3 N–H and O–H groups in total. The number of pyridine rings is 1. The van der Waals surface area contributed by atoms with Gasteiger partial charge in [0.25, 0.3) is 0 Å². The molecule has 19 heavy (non-hydrogen) atoms. The summed E-state index contributed by atoms with van der Waals surface area (Å²) in [5, 5.41) is 13.0. The number of carboxylic acids is 1. The maximum Gasteiger partial charge on any atom is 0.352 e. The number of benzene rings is 1. The Morgan fingerprint density at radius 1 is 1.32 bits per heavy atom. The van der Waals surface area contributed by atoms with Gasteiger partial charge in [0.1, 0.15) is 5.69 Å². The van der Waals surface area contributed by atoms with Crippen molar-refractivity contribution in [1.82, 2.24) is 10.3 Å². The molecule has 0 unspecified atom stereocenters. The molecule has 5 nitrogen and oxygen atoms in total. The average Bonchev–Trinajstić information content (AvgIpc) is 2.92. The van der Waals surface area contributed by atoms with Gasteiger partial charge in [0.2, 0.25) is 0 Å². The van der Waals surface area contributed by atoms with Crippen LogP contribution in [-0.4, -0.2) is 22.6 Å². The van der Waals surface area contributed by atoms with Crippen LogP contribution in [-0.2, 0) is 0 Å². The summed E-state index contributed by atoms with van der Waals surface area (Å²) in [4.78, 5) is 26.8. The summed E-state index contributed by atoms with van der Waals surface area (Å²) in [5.74, 6) is -1.09. The number of aromatic nitrogens is 1. The number of H-pyrrole nitrogens is 1. The Balaban J connectivity index is 2.33. The predicted molar refractivity (Wildman–Crippen MR) is 71.5 cm³/mol. The Morgan fingerprint density at radius 2 is 2.11 bits per heavy atom. The quantitative estimate of drug-likeness (QED) is 0.765. The van der Waals surface area contributed by atoms with Crippen molar-refractivity contribution in [2.45, 2.75) is 18.9 Å². The number of rotatable bonds is 2. The Kier molecular flexibility index (Phi) is 2.83. The molecule has 1 fully saturated rings. The lowest BCUT2D eigenvalue weighted by Gasteiger charge is -2.14. The van der Waals surface area contributed by atoms with E-state index in [-0.39, 0.29) is 17.2 Å². The summed E-state index contributed by atoms with van der Waals surface area (Å²) in [5.41, 5.74) is 0.726. The van der Waals surface area contributed by atoms with Crippen LogP contribution in [0, 0.1) is 0 Å². The van der Waals surface area contributed by atoms with Crippen molar-refractivity contribution in [2.24, 2.45) is 0 Å². The zero-order chi connectivity index (χ0) is 13.4. The van der Waals surface area contributed by atoms with Gasteiger partial charge in [-0.05, 0) is 31.5 Å². The van der Waals surface area contributed by atoms with Gasteiger partial charge in [-0.1, -0.05) is 12.1 Å². The van der Waals surface area contributed by atoms with Crippen molar-refractivity contribution >= 4 is 16.9 Å². The summed E-state index contributed by atoms with van der Waals surface area (Å²) in [7, 11) is 0. The first-order valence-corrected chi connectivity index (χ1v) is 6.30. The van der Waals surface area contributed by atoms with Crippen molar-refractivity contribution in [1.29, 1.82) is 0 Å². The largest absolute Gasteiger partial charge is 0.477 e. The Bertz CT molecular complexity index is 699. The van der Waals surface area contributed by atoms with Gasteiger partial charge in [-0.25, -0.2) is 4.79 Å². The van der Waals surface area contributed by atoms with Crippen molar-refractivity contribution < 1.29 is 9.90 Å². The standard InChI is InChI=1S/C14H14N2O3/c17-13-8-4-1-2-5-9(8)16-12(14(18)19)11(13)10-6-3-7-15-10/h1-2,4-5,10,15H,3,6-7H2,(H,16,17)(H,18,19)/t10-/m0/s1. The molecule has 0 spiro atoms. The number of nitrogens with one attached hydrogen (secondary N) is 2. The third-order valence-electron chi connectivity index (χ3n) is 3.57. The first kappa shape index (κ1) is 11.9. The Morgan fingerprint density at radius 3 is 2.79 bits per heavy atom. The number of carboxylic acid groups (broad SMARTS) is 1. The van der Waals surface area contributed by atoms with Crippen molar-refractivity contribution in [3.63, 3.8) is 0 Å². The zero-order valence-corrected chi connectivity index (χ0v) is 10.3. The molecule has 0 aliphatic carbocycles. The van der Waals surface area contributed by atoms with E-state index in [4.69, 9.17) is 0 Å². The van der Waals surface area contributed by atoms with Crippen LogP contribution < -0.4 is 10.7 Å². The van der Waals surface area contributed by atoms with Crippen molar-refractivity contribution in [2.75, 3.05) is 6.54 Å². The highest BCUT2D eigenvalue weighted by Gasteiger charge is 2.26. The number of para-hydroxylation sites is 1. The highest BCUT2D eigenvalue weighted by atomic mass is 16.4. The fraction of sp³-hybridized carbons (Fsp3) is 0.286. The highest BCUT2D eigenvalue weighted by molar-refractivity contribution is 5.91. The van der Waals surface area contributed by atoms with Gasteiger partial charge in [-0.3, -0.25) is 4.79 Å². The van der Waals surface area contributed by atoms with E-state index in [2.05, 4.69) is 10.3 Å². The molecule has 98 valence electrons.